The molecular weight excluding hydrogens is 442 g/mol. The highest BCUT2D eigenvalue weighted by molar-refractivity contribution is 5.94. The number of hydrogen-bond acceptors (Lipinski definition) is 2. The highest BCUT2D eigenvalue weighted by Crippen LogP contribution is 2.46. The van der Waals surface area contributed by atoms with E-state index in [-0.39, 0.29) is 16.7 Å². The van der Waals surface area contributed by atoms with Crippen LogP contribution in [0, 0.1) is 0 Å². The molecule has 1 aromatic heterocycles. The Bertz CT molecular complexity index is 1240. The van der Waals surface area contributed by atoms with E-state index in [2.05, 4.69) is 69.2 Å². The zero-order valence-electron chi connectivity index (χ0n) is 22.3. The summed E-state index contributed by atoms with van der Waals surface area (Å²) in [4.78, 5) is 14.8. The van der Waals surface area contributed by atoms with E-state index in [0.717, 1.165) is 43.6 Å². The van der Waals surface area contributed by atoms with Gasteiger partial charge in [0, 0.05) is 31.0 Å². The zero-order chi connectivity index (χ0) is 25.3. The molecule has 0 saturated carbocycles. The maximum absolute atomic E-state index is 12.8. The molecule has 1 amide bonds. The van der Waals surface area contributed by atoms with Crippen molar-refractivity contribution in [1.29, 1.82) is 0 Å². The molecule has 0 spiro atoms. The lowest BCUT2D eigenvalue weighted by Crippen LogP contribution is -2.35. The van der Waals surface area contributed by atoms with Crippen molar-refractivity contribution in [2.75, 3.05) is 13.1 Å². The van der Waals surface area contributed by atoms with E-state index in [1.54, 1.807) is 0 Å². The zero-order valence-corrected chi connectivity index (χ0v) is 22.3. The van der Waals surface area contributed by atoms with Crippen LogP contribution in [0.5, 0.6) is 0 Å². The van der Waals surface area contributed by atoms with E-state index in [1.165, 1.54) is 41.5 Å². The fourth-order valence-corrected chi connectivity index (χ4v) is 5.74. The van der Waals surface area contributed by atoms with E-state index < -0.39 is 0 Å². The summed E-state index contributed by atoms with van der Waals surface area (Å²) in [6.45, 7) is 12.0. The lowest BCUT2D eigenvalue weighted by atomic mass is 9.62. The molecule has 0 unspecified atom stereocenters. The van der Waals surface area contributed by atoms with Crippen LogP contribution in [0.4, 0.5) is 0 Å². The van der Waals surface area contributed by atoms with Gasteiger partial charge in [-0.15, -0.1) is 0 Å². The minimum atomic E-state index is 0.159. The number of hydrogen-bond donors (Lipinski definition) is 0. The first-order valence-electron chi connectivity index (χ1n) is 13.5. The van der Waals surface area contributed by atoms with Gasteiger partial charge in [0.25, 0.3) is 5.91 Å². The molecule has 2 heterocycles. The molecular formula is C32H39N3O. The van der Waals surface area contributed by atoms with Crippen LogP contribution in [0.25, 0.3) is 12.2 Å². The number of carbonyl (C=O) groups is 1. The molecule has 5 rings (SSSR count). The first-order chi connectivity index (χ1) is 17.2. The van der Waals surface area contributed by atoms with E-state index >= 15 is 0 Å². The van der Waals surface area contributed by atoms with Gasteiger partial charge in [0.15, 0.2) is 0 Å². The second-order valence-corrected chi connectivity index (χ2v) is 11.9. The molecule has 1 fully saturated rings. The Morgan fingerprint density at radius 1 is 0.917 bits per heavy atom. The van der Waals surface area contributed by atoms with Crippen molar-refractivity contribution in [3.63, 3.8) is 0 Å². The number of nitrogens with zero attached hydrogens (tertiary/aromatic N) is 3. The van der Waals surface area contributed by atoms with Gasteiger partial charge < -0.3 is 4.90 Å². The van der Waals surface area contributed by atoms with Crippen LogP contribution in [0.2, 0.25) is 0 Å². The number of aromatic nitrogens is 2. The van der Waals surface area contributed by atoms with Gasteiger partial charge >= 0.3 is 0 Å². The van der Waals surface area contributed by atoms with Crippen LogP contribution in [0.15, 0.2) is 54.9 Å². The van der Waals surface area contributed by atoms with Crippen molar-refractivity contribution in [2.45, 2.75) is 77.2 Å². The quantitative estimate of drug-likeness (QED) is 0.365. The number of piperidine rings is 1. The summed E-state index contributed by atoms with van der Waals surface area (Å²) in [5.74, 6) is 0.159. The molecule has 1 aliphatic heterocycles. The van der Waals surface area contributed by atoms with Gasteiger partial charge in [0.1, 0.15) is 0 Å². The smallest absolute Gasteiger partial charge is 0.253 e. The maximum Gasteiger partial charge on any atom is 0.253 e. The molecule has 36 heavy (non-hydrogen) atoms. The van der Waals surface area contributed by atoms with Gasteiger partial charge in [0.05, 0.1) is 6.54 Å². The predicted octanol–water partition coefficient (Wildman–Crippen LogP) is 7.08. The third-order valence-electron chi connectivity index (χ3n) is 8.26. The van der Waals surface area contributed by atoms with Crippen molar-refractivity contribution in [3.05, 3.63) is 88.2 Å². The Hall–Kier alpha value is -3.14. The number of benzene rings is 2. The van der Waals surface area contributed by atoms with E-state index in [1.807, 2.05) is 40.2 Å². The predicted molar refractivity (Wildman–Crippen MR) is 148 cm³/mol. The molecule has 0 atom stereocenters. The molecule has 0 radical (unpaired) electrons. The molecule has 188 valence electrons. The topological polar surface area (TPSA) is 38.1 Å². The van der Waals surface area contributed by atoms with E-state index in [9.17, 15) is 4.79 Å². The van der Waals surface area contributed by atoms with Crippen molar-refractivity contribution in [1.82, 2.24) is 14.7 Å². The van der Waals surface area contributed by atoms with Gasteiger partial charge in [0.2, 0.25) is 0 Å². The standard InChI is InChI=1S/C32H39N3O/c1-31(2)15-16-32(3,4)29-22-27(23-35-20-8-17-33-35)26(21-28(29)31)14-11-24-9-12-25(13-10-24)30(36)34-18-6-5-7-19-34/h8-14,17,20-22H,5-7,15-16,18-19,23H2,1-4H3. The summed E-state index contributed by atoms with van der Waals surface area (Å²) in [6, 6.07) is 14.9. The average molecular weight is 482 g/mol. The number of rotatable bonds is 5. The highest BCUT2D eigenvalue weighted by Gasteiger charge is 2.37. The Labute approximate surface area is 216 Å². The fourth-order valence-electron chi connectivity index (χ4n) is 5.74. The Morgan fingerprint density at radius 2 is 1.58 bits per heavy atom. The number of amides is 1. The van der Waals surface area contributed by atoms with Crippen molar-refractivity contribution in [2.24, 2.45) is 0 Å². The molecule has 4 heteroatoms. The van der Waals surface area contributed by atoms with Gasteiger partial charge in [-0.25, -0.2) is 0 Å². The summed E-state index contributed by atoms with van der Waals surface area (Å²) >= 11 is 0. The van der Waals surface area contributed by atoms with E-state index in [0.29, 0.717) is 0 Å². The third kappa shape index (κ3) is 5.04. The van der Waals surface area contributed by atoms with Crippen LogP contribution >= 0.6 is 0 Å². The largest absolute Gasteiger partial charge is 0.339 e. The van der Waals surface area contributed by atoms with Crippen LogP contribution in [0.1, 0.15) is 98.0 Å². The van der Waals surface area contributed by atoms with Crippen LogP contribution in [0.3, 0.4) is 0 Å². The Kier molecular flexibility index (Phi) is 6.63. The first kappa shape index (κ1) is 24.5. The normalized spacial score (nSPS) is 18.8. The fraction of sp³-hybridized carbons (Fsp3) is 0.438. The minimum absolute atomic E-state index is 0.159. The SMILES string of the molecule is CC1(C)CCC(C)(C)c2cc(Cn3cccn3)c(C=Cc3ccc(C(=O)N4CCCCC4)cc3)cc21. The Morgan fingerprint density at radius 3 is 2.22 bits per heavy atom. The molecule has 4 nitrogen and oxygen atoms in total. The summed E-state index contributed by atoms with van der Waals surface area (Å²) in [5, 5.41) is 4.47. The third-order valence-corrected chi connectivity index (χ3v) is 8.26. The van der Waals surface area contributed by atoms with Gasteiger partial charge in [-0.05, 0) is 89.0 Å². The van der Waals surface area contributed by atoms with Crippen LogP contribution in [-0.4, -0.2) is 33.7 Å². The Balaban J connectivity index is 1.45. The highest BCUT2D eigenvalue weighted by atomic mass is 16.2. The summed E-state index contributed by atoms with van der Waals surface area (Å²) in [7, 11) is 0. The molecule has 2 aromatic carbocycles. The molecule has 0 bridgehead atoms. The summed E-state index contributed by atoms with van der Waals surface area (Å²) in [6.07, 6.45) is 14.1. The number of likely N-dealkylation sites (tertiary alicyclic amines) is 1. The molecule has 0 N–H and O–H groups in total. The molecule has 2 aliphatic rings. The number of carbonyl (C=O) groups excluding carboxylic acids is 1. The average Bonchev–Trinajstić information content (AvgIpc) is 3.39. The van der Waals surface area contributed by atoms with Gasteiger partial charge in [-0.3, -0.25) is 9.48 Å². The summed E-state index contributed by atoms with van der Waals surface area (Å²) in [5.41, 5.74) is 7.68. The maximum atomic E-state index is 12.8. The van der Waals surface area contributed by atoms with Crippen LogP contribution < -0.4 is 0 Å². The van der Waals surface area contributed by atoms with Crippen LogP contribution in [-0.2, 0) is 17.4 Å². The lowest BCUT2D eigenvalue weighted by Gasteiger charge is -2.42. The van der Waals surface area contributed by atoms with Crippen molar-refractivity contribution < 1.29 is 4.79 Å². The van der Waals surface area contributed by atoms with E-state index in [4.69, 9.17) is 0 Å². The van der Waals surface area contributed by atoms with Crippen molar-refractivity contribution >= 4 is 18.1 Å². The van der Waals surface area contributed by atoms with Gasteiger partial charge in [-0.2, -0.15) is 5.10 Å². The summed E-state index contributed by atoms with van der Waals surface area (Å²) < 4.78 is 2.00. The van der Waals surface area contributed by atoms with Crippen molar-refractivity contribution in [3.8, 4) is 0 Å². The monoisotopic (exact) mass is 481 g/mol. The first-order valence-corrected chi connectivity index (χ1v) is 13.5. The number of fused-ring (bicyclic) bond motifs is 1. The van der Waals surface area contributed by atoms with Gasteiger partial charge in [-0.1, -0.05) is 64.1 Å². The lowest BCUT2D eigenvalue weighted by molar-refractivity contribution is 0.0724. The molecule has 1 aliphatic carbocycles. The molecule has 3 aromatic rings. The second-order valence-electron chi connectivity index (χ2n) is 11.9. The second kappa shape index (κ2) is 9.72. The minimum Gasteiger partial charge on any atom is -0.339 e. The molecule has 1 saturated heterocycles.